The van der Waals surface area contributed by atoms with Gasteiger partial charge in [0.05, 0.1) is 54.1 Å². The highest BCUT2D eigenvalue weighted by Gasteiger charge is 2.45. The van der Waals surface area contributed by atoms with Gasteiger partial charge in [-0.3, -0.25) is 9.59 Å². The van der Waals surface area contributed by atoms with Crippen LogP contribution in [0, 0.1) is 0 Å². The summed E-state index contributed by atoms with van der Waals surface area (Å²) in [6, 6.07) is 10.9. The normalized spacial score (nSPS) is 17.2. The fourth-order valence-electron chi connectivity index (χ4n) is 4.01. The Morgan fingerprint density at radius 3 is 2.31 bits per heavy atom. The molecule has 2 aromatic rings. The standard InChI is InChI=1S/C27H34N2O6/c1-6-7-16-35-19-10-8-18(9-11-19)25(30)23-24(21-17-20(33-4)12-13-22(21)34-5)29(15-14-28(2)3)27(32)26(23)31/h8-13,17,24,30H,6-7,14-16H2,1-5H3. The second-order valence-electron chi connectivity index (χ2n) is 8.76. The van der Waals surface area contributed by atoms with Crippen LogP contribution in [0.2, 0.25) is 0 Å². The van der Waals surface area contributed by atoms with E-state index in [1.165, 1.54) is 19.1 Å². The molecule has 0 radical (unpaired) electrons. The van der Waals surface area contributed by atoms with Crippen molar-refractivity contribution in [3.05, 3.63) is 59.2 Å². The van der Waals surface area contributed by atoms with E-state index in [-0.39, 0.29) is 5.57 Å². The molecule has 35 heavy (non-hydrogen) atoms. The van der Waals surface area contributed by atoms with Gasteiger partial charge in [-0.2, -0.15) is 0 Å². The van der Waals surface area contributed by atoms with E-state index in [1.54, 1.807) is 42.5 Å². The van der Waals surface area contributed by atoms with Crippen LogP contribution in [0.3, 0.4) is 0 Å². The molecular weight excluding hydrogens is 448 g/mol. The summed E-state index contributed by atoms with van der Waals surface area (Å²) in [6.07, 6.45) is 1.95. The molecule has 1 aliphatic rings. The smallest absolute Gasteiger partial charge is 0.295 e. The molecule has 188 valence electrons. The number of likely N-dealkylation sites (tertiary alicyclic amines) is 1. The van der Waals surface area contributed by atoms with Crippen molar-refractivity contribution in [1.82, 2.24) is 4.90 Å². The van der Waals surface area contributed by atoms with Crippen LogP contribution in [0.25, 0.3) is 5.76 Å². The molecular formula is C27H34N2O6. The molecule has 0 saturated carbocycles. The van der Waals surface area contributed by atoms with Gasteiger partial charge < -0.3 is 29.1 Å². The first-order chi connectivity index (χ1) is 16.8. The van der Waals surface area contributed by atoms with E-state index in [0.29, 0.717) is 48.1 Å². The van der Waals surface area contributed by atoms with Gasteiger partial charge in [-0.25, -0.2) is 0 Å². The number of nitrogens with zero attached hydrogens (tertiary/aromatic N) is 1. The van der Waals surface area contributed by atoms with Gasteiger partial charge in [0.2, 0.25) is 5.78 Å². The average molecular weight is 483 g/mol. The van der Waals surface area contributed by atoms with Crippen LogP contribution in [0.15, 0.2) is 48.0 Å². The number of likely N-dealkylation sites (N-methyl/N-ethyl adjacent to an activating group) is 1. The largest absolute Gasteiger partial charge is 0.872 e. The van der Waals surface area contributed by atoms with Gasteiger partial charge in [-0.15, -0.1) is 0 Å². The van der Waals surface area contributed by atoms with Gasteiger partial charge in [0, 0.05) is 11.1 Å². The first-order valence-electron chi connectivity index (χ1n) is 11.8. The number of quaternary nitrogens is 1. The Hall–Kier alpha value is -3.52. The fourth-order valence-corrected chi connectivity index (χ4v) is 4.01. The topological polar surface area (TPSA) is 92.6 Å². The predicted octanol–water partition coefficient (Wildman–Crippen LogP) is 1.25. The number of rotatable bonds is 11. The Kier molecular flexibility index (Phi) is 8.76. The first-order valence-corrected chi connectivity index (χ1v) is 11.8. The van der Waals surface area contributed by atoms with Gasteiger partial charge >= 0.3 is 0 Å². The van der Waals surface area contributed by atoms with Crippen molar-refractivity contribution in [1.29, 1.82) is 0 Å². The van der Waals surface area contributed by atoms with E-state index in [1.807, 2.05) is 14.1 Å². The molecule has 2 aromatic carbocycles. The van der Waals surface area contributed by atoms with Gasteiger partial charge in [0.1, 0.15) is 17.2 Å². The van der Waals surface area contributed by atoms with E-state index in [0.717, 1.165) is 17.7 Å². The molecule has 0 spiro atoms. The lowest BCUT2D eigenvalue weighted by atomic mass is 9.94. The van der Waals surface area contributed by atoms with E-state index >= 15 is 0 Å². The Bertz CT molecular complexity index is 1080. The average Bonchev–Trinajstić information content (AvgIpc) is 3.11. The molecule has 1 aliphatic heterocycles. The first kappa shape index (κ1) is 26.1. The Morgan fingerprint density at radius 1 is 1.03 bits per heavy atom. The minimum Gasteiger partial charge on any atom is -0.872 e. The van der Waals surface area contributed by atoms with Gasteiger partial charge in [0.15, 0.2) is 0 Å². The molecule has 3 rings (SSSR count). The molecule has 1 amide bonds. The van der Waals surface area contributed by atoms with Crippen molar-refractivity contribution in [2.75, 3.05) is 48.0 Å². The number of Topliss-reactive ketones (excluding diaryl/α,β-unsaturated/α-hetero) is 1. The molecule has 1 atom stereocenters. The number of hydrogen-bond donors (Lipinski definition) is 1. The molecule has 1 saturated heterocycles. The molecule has 1 unspecified atom stereocenters. The Morgan fingerprint density at radius 2 is 1.71 bits per heavy atom. The van der Waals surface area contributed by atoms with Gasteiger partial charge in [0.25, 0.3) is 5.91 Å². The van der Waals surface area contributed by atoms with E-state index in [2.05, 4.69) is 6.92 Å². The third-order valence-corrected chi connectivity index (χ3v) is 6.00. The van der Waals surface area contributed by atoms with Crippen molar-refractivity contribution in [2.45, 2.75) is 25.8 Å². The van der Waals surface area contributed by atoms with E-state index in [4.69, 9.17) is 14.2 Å². The predicted molar refractivity (Wildman–Crippen MR) is 130 cm³/mol. The maximum absolute atomic E-state index is 13.6. The number of methoxy groups -OCH3 is 2. The number of unbranched alkanes of at least 4 members (excludes halogenated alkanes) is 1. The maximum atomic E-state index is 13.6. The lowest BCUT2D eigenvalue weighted by Crippen LogP contribution is -3.06. The monoisotopic (exact) mass is 482 g/mol. The lowest BCUT2D eigenvalue weighted by Gasteiger charge is -2.29. The van der Waals surface area contributed by atoms with E-state index in [9.17, 15) is 14.7 Å². The zero-order valence-corrected chi connectivity index (χ0v) is 21.1. The van der Waals surface area contributed by atoms with Crippen LogP contribution < -0.4 is 24.2 Å². The van der Waals surface area contributed by atoms with Gasteiger partial charge in [-0.05, 0) is 42.3 Å². The minimum absolute atomic E-state index is 0.0880. The summed E-state index contributed by atoms with van der Waals surface area (Å²) in [6.45, 7) is 3.58. The lowest BCUT2D eigenvalue weighted by molar-refractivity contribution is -0.857. The van der Waals surface area contributed by atoms with Crippen LogP contribution >= 0.6 is 0 Å². The maximum Gasteiger partial charge on any atom is 0.295 e. The van der Waals surface area contributed by atoms with E-state index < -0.39 is 23.5 Å². The van der Waals surface area contributed by atoms with Crippen molar-refractivity contribution in [3.63, 3.8) is 0 Å². The van der Waals surface area contributed by atoms with Crippen LogP contribution in [0.1, 0.15) is 36.9 Å². The summed E-state index contributed by atoms with van der Waals surface area (Å²) >= 11 is 0. The second-order valence-corrected chi connectivity index (χ2v) is 8.76. The molecule has 0 bridgehead atoms. The molecule has 0 aliphatic carbocycles. The highest BCUT2D eigenvalue weighted by atomic mass is 16.5. The highest BCUT2D eigenvalue weighted by Crippen LogP contribution is 2.43. The zero-order chi connectivity index (χ0) is 25.5. The van der Waals surface area contributed by atoms with Crippen molar-refractivity contribution >= 4 is 17.4 Å². The summed E-state index contributed by atoms with van der Waals surface area (Å²) in [5, 5.41) is 13.6. The molecule has 1 heterocycles. The summed E-state index contributed by atoms with van der Waals surface area (Å²) in [5.74, 6) is -0.323. The quantitative estimate of drug-likeness (QED) is 0.224. The molecule has 1 N–H and O–H groups in total. The van der Waals surface area contributed by atoms with Crippen molar-refractivity contribution in [2.24, 2.45) is 0 Å². The van der Waals surface area contributed by atoms with Crippen LogP contribution in [-0.2, 0) is 9.59 Å². The number of carbonyl (C=O) groups is 2. The molecule has 0 aromatic heterocycles. The summed E-state index contributed by atoms with van der Waals surface area (Å²) < 4.78 is 16.6. The number of amides is 1. The number of benzene rings is 2. The molecule has 1 fully saturated rings. The SMILES string of the molecule is CCCCOc1ccc(C([O-])=C2C(=O)C(=O)N(CC[NH+](C)C)C2c2cc(OC)ccc2OC)cc1. The van der Waals surface area contributed by atoms with Crippen LogP contribution in [-0.4, -0.2) is 64.6 Å². The zero-order valence-electron chi connectivity index (χ0n) is 21.1. The second kappa shape index (κ2) is 11.8. The number of ether oxygens (including phenoxy) is 3. The number of hydrogen-bond acceptors (Lipinski definition) is 6. The van der Waals surface area contributed by atoms with Crippen LogP contribution in [0.5, 0.6) is 17.2 Å². The third-order valence-electron chi connectivity index (χ3n) is 6.00. The van der Waals surface area contributed by atoms with Crippen LogP contribution in [0.4, 0.5) is 0 Å². The third kappa shape index (κ3) is 5.77. The number of nitrogens with one attached hydrogen (secondary N) is 1. The van der Waals surface area contributed by atoms with Gasteiger partial charge in [-0.1, -0.05) is 31.2 Å². The summed E-state index contributed by atoms with van der Waals surface area (Å²) in [5.41, 5.74) is 0.758. The summed E-state index contributed by atoms with van der Waals surface area (Å²) in [4.78, 5) is 28.9. The Labute approximate surface area is 206 Å². The van der Waals surface area contributed by atoms with Crippen molar-refractivity contribution < 1.29 is 33.8 Å². The number of carbonyl (C=O) groups excluding carboxylic acids is 2. The molecule has 8 heteroatoms. The van der Waals surface area contributed by atoms with Crippen molar-refractivity contribution in [3.8, 4) is 17.2 Å². The number of ketones is 1. The fraction of sp³-hybridized carbons (Fsp3) is 0.407. The molecule has 8 nitrogen and oxygen atoms in total. The highest BCUT2D eigenvalue weighted by molar-refractivity contribution is 6.46. The Balaban J connectivity index is 2.11. The summed E-state index contributed by atoms with van der Waals surface area (Å²) in [7, 11) is 6.97. The minimum atomic E-state index is -0.882.